The molecule has 2 rings (SSSR count). The van der Waals surface area contributed by atoms with Crippen molar-refractivity contribution >= 4 is 33.9 Å². The zero-order valence-corrected chi connectivity index (χ0v) is 17.0. The number of benzene rings is 2. The van der Waals surface area contributed by atoms with Crippen LogP contribution >= 0.6 is 15.9 Å². The van der Waals surface area contributed by atoms with Crippen molar-refractivity contribution in [2.45, 2.75) is 13.5 Å². The van der Waals surface area contributed by atoms with Crippen LogP contribution in [0.4, 0.5) is 9.18 Å². The van der Waals surface area contributed by atoms with Gasteiger partial charge >= 0.3 is 6.03 Å². The lowest BCUT2D eigenvalue weighted by molar-refractivity contribution is -0.115. The minimum atomic E-state index is -1.06. The third-order valence-corrected chi connectivity index (χ3v) is 4.13. The number of hydrogen-bond donors (Lipinski definition) is 2. The van der Waals surface area contributed by atoms with Crippen LogP contribution < -0.4 is 20.5 Å². The van der Waals surface area contributed by atoms with Crippen molar-refractivity contribution < 1.29 is 23.5 Å². The van der Waals surface area contributed by atoms with Crippen LogP contribution in [0.25, 0.3) is 6.08 Å². The second-order valence-electron chi connectivity index (χ2n) is 5.67. The van der Waals surface area contributed by atoms with Crippen LogP contribution in [0.1, 0.15) is 18.1 Å². The van der Waals surface area contributed by atoms with Gasteiger partial charge in [-0.05, 0) is 64.3 Å². The van der Waals surface area contributed by atoms with Crippen molar-refractivity contribution in [3.8, 4) is 17.6 Å². The molecular formula is C20H17BrFN3O4. The fourth-order valence-corrected chi connectivity index (χ4v) is 2.88. The van der Waals surface area contributed by atoms with E-state index in [-0.39, 0.29) is 18.0 Å². The Labute approximate surface area is 175 Å². The van der Waals surface area contributed by atoms with Gasteiger partial charge in [-0.3, -0.25) is 10.1 Å². The van der Waals surface area contributed by atoms with Gasteiger partial charge in [0.15, 0.2) is 11.5 Å². The lowest BCUT2D eigenvalue weighted by Gasteiger charge is -2.15. The molecule has 0 fully saturated rings. The predicted molar refractivity (Wildman–Crippen MR) is 107 cm³/mol. The molecule has 0 aliphatic carbocycles. The van der Waals surface area contributed by atoms with E-state index >= 15 is 0 Å². The standard InChI is InChI=1S/C20H17BrFN3O4/c1-2-28-17-9-13(7-14(10-23)19(26)25-20(24)27)8-16(21)18(17)29-11-12-3-5-15(22)6-4-12/h3-9H,2,11H2,1H3,(H3,24,25,26,27)/b14-7-. The van der Waals surface area contributed by atoms with Crippen LogP contribution in [0.15, 0.2) is 46.4 Å². The summed E-state index contributed by atoms with van der Waals surface area (Å²) in [6, 6.07) is 9.76. The zero-order chi connectivity index (χ0) is 21.4. The first kappa shape index (κ1) is 21.9. The summed E-state index contributed by atoms with van der Waals surface area (Å²) in [5, 5.41) is 11.0. The van der Waals surface area contributed by atoms with Gasteiger partial charge in [-0.2, -0.15) is 5.26 Å². The first-order chi connectivity index (χ1) is 13.8. The number of primary amides is 1. The highest BCUT2D eigenvalue weighted by atomic mass is 79.9. The first-order valence-corrected chi connectivity index (χ1v) is 9.19. The monoisotopic (exact) mass is 461 g/mol. The molecule has 0 saturated carbocycles. The van der Waals surface area contributed by atoms with Crippen LogP contribution in [0.2, 0.25) is 0 Å². The molecule has 0 aliphatic heterocycles. The van der Waals surface area contributed by atoms with Gasteiger partial charge in [-0.15, -0.1) is 0 Å². The lowest BCUT2D eigenvalue weighted by atomic mass is 10.1. The molecule has 29 heavy (non-hydrogen) atoms. The maximum Gasteiger partial charge on any atom is 0.319 e. The van der Waals surface area contributed by atoms with E-state index in [1.807, 2.05) is 5.32 Å². The predicted octanol–water partition coefficient (Wildman–Crippen LogP) is 3.67. The first-order valence-electron chi connectivity index (χ1n) is 8.40. The average molecular weight is 462 g/mol. The summed E-state index contributed by atoms with van der Waals surface area (Å²) in [7, 11) is 0. The smallest absolute Gasteiger partial charge is 0.319 e. The Kier molecular flexibility index (Phi) is 7.74. The number of nitrogens with two attached hydrogens (primary N) is 1. The summed E-state index contributed by atoms with van der Waals surface area (Å²) in [6.45, 7) is 2.32. The van der Waals surface area contributed by atoms with Crippen LogP contribution in [-0.4, -0.2) is 18.5 Å². The normalized spacial score (nSPS) is 10.8. The minimum Gasteiger partial charge on any atom is -0.490 e. The summed E-state index contributed by atoms with van der Waals surface area (Å²) < 4.78 is 25.0. The SMILES string of the molecule is CCOc1cc(/C=C(/C#N)C(=O)NC(N)=O)cc(Br)c1OCc1ccc(F)cc1. The number of amides is 3. The highest BCUT2D eigenvalue weighted by Crippen LogP contribution is 2.38. The fourth-order valence-electron chi connectivity index (χ4n) is 2.30. The number of rotatable bonds is 7. The number of halogens is 2. The van der Waals surface area contributed by atoms with Gasteiger partial charge in [-0.1, -0.05) is 12.1 Å². The summed E-state index contributed by atoms with van der Waals surface area (Å²) in [5.41, 5.74) is 5.82. The topological polar surface area (TPSA) is 114 Å². The maximum absolute atomic E-state index is 13.0. The quantitative estimate of drug-likeness (QED) is 0.482. The summed E-state index contributed by atoms with van der Waals surface area (Å²) in [5.74, 6) is -0.461. The third kappa shape index (κ3) is 6.33. The Morgan fingerprint density at radius 1 is 1.28 bits per heavy atom. The van der Waals surface area contributed by atoms with Crippen LogP contribution in [0, 0.1) is 17.1 Å². The van der Waals surface area contributed by atoms with Crippen LogP contribution in [0.5, 0.6) is 11.5 Å². The van der Waals surface area contributed by atoms with Gasteiger partial charge in [0.25, 0.3) is 5.91 Å². The molecule has 0 unspecified atom stereocenters. The lowest BCUT2D eigenvalue weighted by Crippen LogP contribution is -2.35. The molecule has 0 aliphatic rings. The molecule has 0 spiro atoms. The molecule has 0 bridgehead atoms. The van der Waals surface area contributed by atoms with E-state index in [0.717, 1.165) is 5.56 Å². The van der Waals surface area contributed by atoms with Crippen molar-refractivity contribution in [3.05, 3.63) is 63.4 Å². The van der Waals surface area contributed by atoms with E-state index in [0.29, 0.717) is 28.1 Å². The Bertz CT molecular complexity index is 984. The molecule has 0 heterocycles. The summed E-state index contributed by atoms with van der Waals surface area (Å²) in [6.07, 6.45) is 1.29. The van der Waals surface area contributed by atoms with E-state index in [9.17, 15) is 19.2 Å². The molecule has 7 nitrogen and oxygen atoms in total. The maximum atomic E-state index is 13.0. The fraction of sp³-hybridized carbons (Fsp3) is 0.150. The van der Waals surface area contributed by atoms with Crippen molar-refractivity contribution in [3.63, 3.8) is 0 Å². The summed E-state index contributed by atoms with van der Waals surface area (Å²) >= 11 is 3.39. The van der Waals surface area contributed by atoms with E-state index < -0.39 is 11.9 Å². The molecule has 0 aromatic heterocycles. The third-order valence-electron chi connectivity index (χ3n) is 3.54. The molecular weight excluding hydrogens is 445 g/mol. The van der Waals surface area contributed by atoms with Gasteiger partial charge in [0.05, 0.1) is 11.1 Å². The number of carbonyl (C=O) groups is 2. The molecule has 0 atom stereocenters. The van der Waals surface area contributed by atoms with Gasteiger partial charge in [0.1, 0.15) is 24.1 Å². The van der Waals surface area contributed by atoms with Gasteiger partial charge < -0.3 is 15.2 Å². The number of imide groups is 1. The van der Waals surface area contributed by atoms with Gasteiger partial charge in [0, 0.05) is 0 Å². The Morgan fingerprint density at radius 2 is 1.97 bits per heavy atom. The van der Waals surface area contributed by atoms with E-state index in [4.69, 9.17) is 15.2 Å². The number of urea groups is 1. The molecule has 150 valence electrons. The number of nitriles is 1. The number of nitrogens with zero attached hydrogens (tertiary/aromatic N) is 1. The van der Waals surface area contributed by atoms with E-state index in [2.05, 4.69) is 15.9 Å². The Balaban J connectivity index is 2.32. The minimum absolute atomic E-state index is 0.179. The largest absolute Gasteiger partial charge is 0.490 e. The molecule has 2 aromatic rings. The van der Waals surface area contributed by atoms with Crippen LogP contribution in [0.3, 0.4) is 0 Å². The average Bonchev–Trinajstić information content (AvgIpc) is 2.66. The summed E-state index contributed by atoms with van der Waals surface area (Å²) in [4.78, 5) is 22.7. The zero-order valence-electron chi connectivity index (χ0n) is 15.4. The highest BCUT2D eigenvalue weighted by Gasteiger charge is 2.15. The van der Waals surface area contributed by atoms with E-state index in [1.165, 1.54) is 18.2 Å². The second-order valence-corrected chi connectivity index (χ2v) is 6.52. The highest BCUT2D eigenvalue weighted by molar-refractivity contribution is 9.10. The van der Waals surface area contributed by atoms with Crippen molar-refractivity contribution in [1.29, 1.82) is 5.26 Å². The molecule has 0 radical (unpaired) electrons. The van der Waals surface area contributed by atoms with Crippen molar-refractivity contribution in [1.82, 2.24) is 5.32 Å². The van der Waals surface area contributed by atoms with Gasteiger partial charge in [0.2, 0.25) is 0 Å². The van der Waals surface area contributed by atoms with Gasteiger partial charge in [-0.25, -0.2) is 9.18 Å². The number of hydrogen-bond acceptors (Lipinski definition) is 5. The van der Waals surface area contributed by atoms with E-state index in [1.54, 1.807) is 37.3 Å². The Hall–Kier alpha value is -3.38. The molecule has 3 N–H and O–H groups in total. The molecule has 3 amide bonds. The van der Waals surface area contributed by atoms with Crippen LogP contribution in [-0.2, 0) is 11.4 Å². The number of nitrogens with one attached hydrogen (secondary N) is 1. The second kappa shape index (κ2) is 10.2. The molecule has 0 saturated heterocycles. The molecule has 9 heteroatoms. The number of carbonyl (C=O) groups excluding carboxylic acids is 2. The Morgan fingerprint density at radius 3 is 2.55 bits per heavy atom. The molecule has 2 aromatic carbocycles. The number of ether oxygens (including phenoxy) is 2. The van der Waals surface area contributed by atoms with Crippen molar-refractivity contribution in [2.75, 3.05) is 6.61 Å². The van der Waals surface area contributed by atoms with Crippen molar-refractivity contribution in [2.24, 2.45) is 5.73 Å².